The molecule has 23 aromatic carbocycles. The van der Waals surface area contributed by atoms with Crippen LogP contribution in [-0.4, -0.2) is 0 Å². The van der Waals surface area contributed by atoms with Crippen LogP contribution in [0.25, 0.3) is 149 Å². The predicted octanol–water partition coefficient (Wildman–Crippen LogP) is 42.0. The van der Waals surface area contributed by atoms with E-state index in [9.17, 15) is 0 Å². The second kappa shape index (κ2) is 39.1. The van der Waals surface area contributed by atoms with Crippen molar-refractivity contribution in [1.82, 2.24) is 0 Å². The van der Waals surface area contributed by atoms with Crippen molar-refractivity contribution < 1.29 is 13.3 Å². The Morgan fingerprint density at radius 2 is 0.287 bits per heavy atom. The van der Waals surface area contributed by atoms with Crippen LogP contribution in [0.15, 0.2) is 571 Å². The molecule has 0 bridgehead atoms. The SMILES string of the molecule is c1ccc(-c2ccc(N(c3ccc4c(c3)oc3ccccc34)c3cccc4sc5cccc(N(c6ccccc6)c6ccccc6)c5c34)cc2)cc1.c1ccc(-c2ccc(N(c3ccccc3)c3cccc4sc5cccc(N(c6ccccc6)c6ccc7c(c6)oc6ccccc67)c5c34)cc2)cc1.c1ccc(N(c2ccccc2)c2cccc3sc4cccc(N(c5ccccc5)c5ccc6c(c5)oc5ccccc56)c4c23)cc1. The van der Waals surface area contributed by atoms with Crippen molar-refractivity contribution in [2.24, 2.45) is 0 Å². The van der Waals surface area contributed by atoms with E-state index < -0.39 is 0 Å². The van der Waals surface area contributed by atoms with Gasteiger partial charge in [-0.2, -0.15) is 0 Å². The summed E-state index contributed by atoms with van der Waals surface area (Å²) in [6.45, 7) is 0. The van der Waals surface area contributed by atoms with Gasteiger partial charge in [0.2, 0.25) is 0 Å². The number of furan rings is 3. The molecule has 710 valence electrons. The summed E-state index contributed by atoms with van der Waals surface area (Å²) in [7, 11) is 0. The molecule has 6 aromatic heterocycles. The molecule has 0 fully saturated rings. The van der Waals surface area contributed by atoms with Gasteiger partial charge in [0.25, 0.3) is 0 Å². The van der Waals surface area contributed by atoms with E-state index in [-0.39, 0.29) is 0 Å². The van der Waals surface area contributed by atoms with E-state index in [0.29, 0.717) is 0 Å². The first kappa shape index (κ1) is 89.7. The Bertz CT molecular complexity index is 9910. The first-order chi connectivity index (χ1) is 74.4. The van der Waals surface area contributed by atoms with E-state index in [0.717, 1.165) is 168 Å². The first-order valence-electron chi connectivity index (χ1n) is 50.5. The van der Waals surface area contributed by atoms with Crippen molar-refractivity contribution in [3.63, 3.8) is 0 Å². The molecule has 0 atom stereocenters. The summed E-state index contributed by atoms with van der Waals surface area (Å²) in [5.41, 5.74) is 29.9. The molecule has 0 aliphatic rings. The lowest BCUT2D eigenvalue weighted by molar-refractivity contribution is 0.668. The van der Waals surface area contributed by atoms with Gasteiger partial charge < -0.3 is 42.7 Å². The van der Waals surface area contributed by atoms with Gasteiger partial charge in [-0.3, -0.25) is 0 Å². The number of hydrogen-bond acceptors (Lipinski definition) is 12. The molecule has 0 unspecified atom stereocenters. The Hall–Kier alpha value is -19.1. The van der Waals surface area contributed by atoms with Crippen molar-refractivity contribution in [3.05, 3.63) is 558 Å². The number of nitrogens with zero attached hydrogens (tertiary/aromatic N) is 6. The summed E-state index contributed by atoms with van der Waals surface area (Å²) in [5.74, 6) is 0. The summed E-state index contributed by atoms with van der Waals surface area (Å²) >= 11 is 5.52. The molecule has 0 aliphatic carbocycles. The van der Waals surface area contributed by atoms with Crippen LogP contribution >= 0.6 is 34.0 Å². The van der Waals surface area contributed by atoms with Crippen LogP contribution in [0.4, 0.5) is 102 Å². The lowest BCUT2D eigenvalue weighted by Gasteiger charge is -2.28. The molecule has 150 heavy (non-hydrogen) atoms. The predicted molar refractivity (Wildman–Crippen MR) is 639 cm³/mol. The highest BCUT2D eigenvalue weighted by molar-refractivity contribution is 7.27. The van der Waals surface area contributed by atoms with Crippen molar-refractivity contribution in [3.8, 4) is 22.3 Å². The number of anilines is 18. The number of fused-ring (bicyclic) bond motifs is 18. The van der Waals surface area contributed by atoms with Gasteiger partial charge in [0.1, 0.15) is 33.5 Å². The quantitative estimate of drug-likeness (QED) is 0.0743. The molecule has 29 rings (SSSR count). The van der Waals surface area contributed by atoms with Crippen LogP contribution in [0, 0.1) is 0 Å². The zero-order valence-electron chi connectivity index (χ0n) is 81.2. The van der Waals surface area contributed by atoms with E-state index in [2.05, 4.69) is 551 Å². The number of benzene rings is 23. The van der Waals surface area contributed by atoms with Gasteiger partial charge in [0.15, 0.2) is 0 Å². The Balaban J connectivity index is 0.000000111. The van der Waals surface area contributed by atoms with Gasteiger partial charge in [0.05, 0.1) is 34.1 Å². The highest BCUT2D eigenvalue weighted by Gasteiger charge is 2.30. The number of rotatable bonds is 20. The maximum Gasteiger partial charge on any atom is 0.137 e. The van der Waals surface area contributed by atoms with Gasteiger partial charge in [0, 0.05) is 179 Å². The van der Waals surface area contributed by atoms with Crippen LogP contribution < -0.4 is 29.4 Å². The number of hydrogen-bond donors (Lipinski definition) is 0. The zero-order valence-corrected chi connectivity index (χ0v) is 83.7. The maximum absolute atomic E-state index is 6.45. The largest absolute Gasteiger partial charge is 0.456 e. The molecule has 0 saturated carbocycles. The summed E-state index contributed by atoms with van der Waals surface area (Å²) in [4.78, 5) is 14.3. The minimum absolute atomic E-state index is 0.868. The van der Waals surface area contributed by atoms with E-state index >= 15 is 0 Å². The minimum Gasteiger partial charge on any atom is -0.456 e. The fourth-order valence-corrected chi connectivity index (χ4v) is 25.1. The number of para-hydroxylation sites is 10. The average molecular weight is 1980 g/mol. The molecule has 0 amide bonds. The molecule has 0 aliphatic heterocycles. The standard InChI is InChI=1S/2C48H32N2OS.C42H28N2OS/c1-4-14-33(15-5-1)34-26-28-37(29-27-34)49(35-16-6-2-7-17-35)41-21-12-24-45-47(41)48-42(22-13-25-46(48)52-45)50(36-18-8-3-9-19-36)38-30-31-40-39-20-10-11-23-43(39)51-44(40)32-38;1-4-14-33(15-5-1)34-26-28-37(29-27-34)50(38-30-31-40-39-20-10-11-23-43(39)51-44(40)32-38)42-22-13-25-46-48(42)47-41(21-12-24-45(47)52-46)49(35-16-6-2-7-17-35)36-18-8-3-9-19-36;1-4-14-29(15-5-1)43(30-16-6-2-7-17-30)35-21-12-24-39-41(35)42-36(22-13-25-40(42)46-39)44(31-18-8-3-9-19-31)32-26-27-34-33-20-10-11-23-37(33)45-38(34)28-32/h2*1-32H;1-28H. The van der Waals surface area contributed by atoms with Crippen molar-refractivity contribution >= 4 is 263 Å². The Labute approximate surface area is 878 Å². The fourth-order valence-electron chi connectivity index (χ4n) is 21.6. The average Bonchev–Trinajstić information content (AvgIpc) is 1.57. The van der Waals surface area contributed by atoms with Gasteiger partial charge >= 0.3 is 0 Å². The van der Waals surface area contributed by atoms with Gasteiger partial charge in [-0.25, -0.2) is 0 Å². The third kappa shape index (κ3) is 16.6. The third-order valence-electron chi connectivity index (χ3n) is 28.3. The molecule has 9 nitrogen and oxygen atoms in total. The van der Waals surface area contributed by atoms with Crippen LogP contribution in [0.1, 0.15) is 0 Å². The Morgan fingerprint density at radius 1 is 0.120 bits per heavy atom. The van der Waals surface area contributed by atoms with Gasteiger partial charge in [-0.1, -0.05) is 303 Å². The second-order valence-corrected chi connectivity index (χ2v) is 40.5. The van der Waals surface area contributed by atoms with E-state index in [1.165, 1.54) is 82.8 Å². The molecule has 0 saturated heterocycles. The fraction of sp³-hybridized carbons (Fsp3) is 0. The van der Waals surface area contributed by atoms with Crippen LogP contribution in [-0.2, 0) is 0 Å². The second-order valence-electron chi connectivity index (χ2n) is 37.2. The summed E-state index contributed by atoms with van der Waals surface area (Å²) in [5, 5.41) is 14.1. The highest BCUT2D eigenvalue weighted by Crippen LogP contribution is 2.56. The summed E-state index contributed by atoms with van der Waals surface area (Å²) < 4.78 is 26.7. The van der Waals surface area contributed by atoms with Crippen molar-refractivity contribution in [1.29, 1.82) is 0 Å². The van der Waals surface area contributed by atoms with Crippen molar-refractivity contribution in [2.45, 2.75) is 0 Å². The first-order valence-corrected chi connectivity index (χ1v) is 52.9. The van der Waals surface area contributed by atoms with Crippen LogP contribution in [0.2, 0.25) is 0 Å². The molecule has 29 aromatic rings. The Kier molecular flexibility index (Phi) is 23.4. The third-order valence-corrected chi connectivity index (χ3v) is 31.7. The molecule has 6 heterocycles. The van der Waals surface area contributed by atoms with Crippen LogP contribution in [0.5, 0.6) is 0 Å². The summed E-state index contributed by atoms with van der Waals surface area (Å²) in [6, 6.07) is 198. The van der Waals surface area contributed by atoms with E-state index in [1.54, 1.807) is 0 Å². The van der Waals surface area contributed by atoms with Crippen LogP contribution in [0.3, 0.4) is 0 Å². The Morgan fingerprint density at radius 3 is 0.507 bits per heavy atom. The monoisotopic (exact) mass is 1980 g/mol. The van der Waals surface area contributed by atoms with Gasteiger partial charge in [-0.15, -0.1) is 34.0 Å². The molecule has 0 radical (unpaired) electrons. The summed E-state index contributed by atoms with van der Waals surface area (Å²) in [6.07, 6.45) is 0. The van der Waals surface area contributed by atoms with Crippen molar-refractivity contribution in [2.75, 3.05) is 29.4 Å². The number of thiophene rings is 3. The normalized spacial score (nSPS) is 11.5. The lowest BCUT2D eigenvalue weighted by Crippen LogP contribution is -2.11. The van der Waals surface area contributed by atoms with E-state index in [4.69, 9.17) is 13.3 Å². The minimum atomic E-state index is 0.868. The topological polar surface area (TPSA) is 58.9 Å². The smallest absolute Gasteiger partial charge is 0.137 e. The molecular formula is C138H92N6O3S3. The van der Waals surface area contributed by atoms with Gasteiger partial charge in [-0.05, 0) is 259 Å². The molecule has 0 N–H and O–H groups in total. The zero-order chi connectivity index (χ0) is 99.3. The highest BCUT2D eigenvalue weighted by atomic mass is 32.1. The van der Waals surface area contributed by atoms with E-state index in [1.807, 2.05) is 70.4 Å². The molecule has 0 spiro atoms. The maximum atomic E-state index is 6.45. The lowest BCUT2D eigenvalue weighted by atomic mass is 10.0. The molecular weight excluding hydrogens is 1890 g/mol. The molecule has 12 heteroatoms.